The fraction of sp³-hybridized carbons (Fsp3) is 0.319. The molecule has 10 heteroatoms. The average molecular weight is 1710 g/mol. The van der Waals surface area contributed by atoms with Crippen molar-refractivity contribution in [2.45, 2.75) is 222 Å². The number of aryl methyl sites for hydroxylation is 15. The summed E-state index contributed by atoms with van der Waals surface area (Å²) in [6.07, 6.45) is 12.1. The molecule has 2 aliphatic rings. The summed E-state index contributed by atoms with van der Waals surface area (Å²) in [5.41, 5.74) is 47.5. The summed E-state index contributed by atoms with van der Waals surface area (Å²) in [5, 5.41) is 0. The maximum Gasteiger partial charge on any atom is 0.295 e. The van der Waals surface area contributed by atoms with E-state index in [1.807, 2.05) is 0 Å². The highest BCUT2D eigenvalue weighted by Gasteiger charge is 2.40. The van der Waals surface area contributed by atoms with Gasteiger partial charge in [0.1, 0.15) is 74.0 Å². The minimum absolute atomic E-state index is 0.673. The largest absolute Gasteiger partial charge is 0.295 e. The second kappa shape index (κ2) is 39.6. The number of hydrogen-bond donors (Lipinski definition) is 0. The SMILES string of the molecule is Cc1ccccc1-n1c(C)c(-c2ccccc2)[n+](C)c1-c1c(C)cccc1C.Cc1ccccc1-n1c(C)c(C)[n+](C)c1-c1c(C)cccc1C.Cc1ccccc1-n1c(C)c(C)[n+](C)c1-c1c(C)cccc1C.Cc1ccccc1-n1c(C)c(C2CCCC2)[n+](C)c1-c1c(C)cccc1C.Cc1ccccc1-n1c(C)c(C2CCCCC2)[n+](C)c1-c1c(C)cccc1C. The zero-order valence-corrected chi connectivity index (χ0v) is 82.6. The Bertz CT molecular complexity index is 6550. The number of hydrogen-bond acceptors (Lipinski definition) is 0. The van der Waals surface area contributed by atoms with Gasteiger partial charge >= 0.3 is 0 Å². The summed E-state index contributed by atoms with van der Waals surface area (Å²) in [4.78, 5) is 0. The molecule has 129 heavy (non-hydrogen) atoms. The van der Waals surface area contributed by atoms with Gasteiger partial charge in [-0.05, 0) is 243 Å². The van der Waals surface area contributed by atoms with Crippen LogP contribution in [0.2, 0.25) is 0 Å². The van der Waals surface area contributed by atoms with Gasteiger partial charge in [0.15, 0.2) is 11.4 Å². The molecule has 2 saturated carbocycles. The van der Waals surface area contributed by atoms with Crippen molar-refractivity contribution < 1.29 is 22.8 Å². The van der Waals surface area contributed by atoms with Crippen molar-refractivity contribution in [1.82, 2.24) is 22.8 Å². The first kappa shape index (κ1) is 92.6. The van der Waals surface area contributed by atoms with Gasteiger partial charge in [0, 0.05) is 65.9 Å². The lowest BCUT2D eigenvalue weighted by molar-refractivity contribution is -0.668. The van der Waals surface area contributed by atoms with Gasteiger partial charge in [0.25, 0.3) is 29.1 Å². The maximum atomic E-state index is 2.52. The van der Waals surface area contributed by atoms with Gasteiger partial charge in [-0.2, -0.15) is 22.8 Å². The zero-order chi connectivity index (χ0) is 92.2. The van der Waals surface area contributed by atoms with Gasteiger partial charge < -0.3 is 0 Å². The van der Waals surface area contributed by atoms with Crippen molar-refractivity contribution in [3.8, 4) is 96.6 Å². The molecular formula is C119H141N10+5. The highest BCUT2D eigenvalue weighted by Crippen LogP contribution is 2.43. The molecule has 0 atom stereocenters. The van der Waals surface area contributed by atoms with Crippen molar-refractivity contribution in [3.63, 3.8) is 0 Å². The lowest BCUT2D eigenvalue weighted by atomic mass is 9.86. The van der Waals surface area contributed by atoms with E-state index in [1.165, 1.54) is 289 Å². The van der Waals surface area contributed by atoms with Gasteiger partial charge in [-0.25, -0.2) is 22.8 Å². The molecule has 0 aliphatic heterocycles. The molecule has 0 unspecified atom stereocenters. The molecule has 0 radical (unpaired) electrons. The van der Waals surface area contributed by atoms with Crippen molar-refractivity contribution >= 4 is 0 Å². The van der Waals surface area contributed by atoms with Crippen LogP contribution >= 0.6 is 0 Å². The van der Waals surface area contributed by atoms with E-state index >= 15 is 0 Å². The van der Waals surface area contributed by atoms with Crippen molar-refractivity contribution in [2.75, 3.05) is 0 Å². The lowest BCUT2D eigenvalue weighted by Crippen LogP contribution is -2.36. The maximum absolute atomic E-state index is 2.52. The Morgan fingerprint density at radius 2 is 0.395 bits per heavy atom. The second-order valence-corrected chi connectivity index (χ2v) is 37.3. The molecule has 10 nitrogen and oxygen atoms in total. The van der Waals surface area contributed by atoms with Gasteiger partial charge in [-0.1, -0.05) is 244 Å². The molecule has 5 aromatic heterocycles. The first-order valence-electron chi connectivity index (χ1n) is 47.1. The first-order valence-corrected chi connectivity index (χ1v) is 47.1. The van der Waals surface area contributed by atoms with E-state index in [0.29, 0.717) is 11.8 Å². The van der Waals surface area contributed by atoms with E-state index in [1.54, 1.807) is 0 Å². The predicted octanol–water partition coefficient (Wildman–Crippen LogP) is 27.0. The molecule has 2 fully saturated rings. The van der Waals surface area contributed by atoms with Crippen LogP contribution in [0.3, 0.4) is 0 Å². The molecule has 16 aromatic rings. The lowest BCUT2D eigenvalue weighted by Gasteiger charge is -2.20. The Morgan fingerprint density at radius 3 is 0.651 bits per heavy atom. The highest BCUT2D eigenvalue weighted by molar-refractivity contribution is 5.73. The van der Waals surface area contributed by atoms with E-state index < -0.39 is 0 Å². The predicted molar refractivity (Wildman–Crippen MR) is 539 cm³/mol. The van der Waals surface area contributed by atoms with Crippen LogP contribution in [0.1, 0.15) is 204 Å². The Kier molecular flexibility index (Phi) is 28.4. The van der Waals surface area contributed by atoms with Crippen LogP contribution in [0, 0.1) is 152 Å². The quantitative estimate of drug-likeness (QED) is 0.103. The van der Waals surface area contributed by atoms with E-state index in [0.717, 1.165) is 0 Å². The minimum atomic E-state index is 0.673. The van der Waals surface area contributed by atoms with E-state index in [-0.39, 0.29) is 0 Å². The topological polar surface area (TPSA) is 44.0 Å². The molecule has 18 rings (SSSR count). The first-order chi connectivity index (χ1) is 61.9. The Morgan fingerprint density at radius 1 is 0.194 bits per heavy atom. The molecule has 0 spiro atoms. The van der Waals surface area contributed by atoms with Crippen LogP contribution in [-0.2, 0) is 35.2 Å². The number of nitrogens with zero attached hydrogens (tertiary/aromatic N) is 10. The number of para-hydroxylation sites is 5. The van der Waals surface area contributed by atoms with Gasteiger partial charge in [-0.15, -0.1) is 0 Å². The molecule has 0 amide bonds. The third-order valence-electron chi connectivity index (χ3n) is 28.6. The summed E-state index contributed by atoms with van der Waals surface area (Å²) in [7, 11) is 11.1. The molecule has 0 saturated heterocycles. The van der Waals surface area contributed by atoms with E-state index in [4.69, 9.17) is 0 Å². The summed E-state index contributed by atoms with van der Waals surface area (Å²) in [5.74, 6) is 7.73. The Hall–Kier alpha value is -12.5. The summed E-state index contributed by atoms with van der Waals surface area (Å²) < 4.78 is 24.3. The molecule has 11 aromatic carbocycles. The van der Waals surface area contributed by atoms with Crippen molar-refractivity contribution in [3.05, 3.63) is 377 Å². The molecule has 0 N–H and O–H groups in total. The smallest absolute Gasteiger partial charge is 0.229 e. The van der Waals surface area contributed by atoms with Crippen LogP contribution in [-0.4, -0.2) is 22.8 Å². The second-order valence-electron chi connectivity index (χ2n) is 37.3. The van der Waals surface area contributed by atoms with Crippen LogP contribution in [0.15, 0.2) is 243 Å². The molecule has 5 heterocycles. The fourth-order valence-corrected chi connectivity index (χ4v) is 21.6. The molecular weight excluding hydrogens is 1570 g/mol. The van der Waals surface area contributed by atoms with Crippen LogP contribution in [0.25, 0.3) is 96.6 Å². The van der Waals surface area contributed by atoms with E-state index in [2.05, 4.69) is 476 Å². The Balaban J connectivity index is 0.000000131. The van der Waals surface area contributed by atoms with Gasteiger partial charge in [0.05, 0.1) is 63.1 Å². The summed E-state index contributed by atoms with van der Waals surface area (Å²) in [6, 6.07) is 87.0. The van der Waals surface area contributed by atoms with Crippen LogP contribution in [0.5, 0.6) is 0 Å². The fourth-order valence-electron chi connectivity index (χ4n) is 21.6. The normalized spacial score (nSPS) is 12.7. The molecule has 0 bridgehead atoms. The average Bonchev–Trinajstić information content (AvgIpc) is 1.63. The third kappa shape index (κ3) is 18.0. The monoisotopic (exact) mass is 1710 g/mol. The number of imidazole rings is 5. The van der Waals surface area contributed by atoms with Gasteiger partial charge in [-0.3, -0.25) is 0 Å². The van der Waals surface area contributed by atoms with Crippen LogP contribution in [0.4, 0.5) is 0 Å². The number of rotatable bonds is 13. The Labute approximate surface area is 771 Å². The zero-order valence-electron chi connectivity index (χ0n) is 82.6. The number of benzene rings is 11. The molecule has 662 valence electrons. The summed E-state index contributed by atoms with van der Waals surface area (Å²) >= 11 is 0. The van der Waals surface area contributed by atoms with Crippen LogP contribution < -0.4 is 22.8 Å². The molecule has 2 aliphatic carbocycles. The van der Waals surface area contributed by atoms with Crippen molar-refractivity contribution in [2.24, 2.45) is 35.2 Å². The third-order valence-corrected chi connectivity index (χ3v) is 28.6. The standard InChI is InChI=1S/C26H33N2.C26H27N2.C25H31N2.2C21H25N2/c2*1-18-12-9-10-17-23(18)28-21(4)25(22-15-7-6-8-16-22)27(5)26(28)24-19(2)13-11-14-20(24)3;1-17-11-6-9-16-22(17)27-20(4)24(21-14-7-8-15-21)26(5)25(27)23-18(2)12-10-13-19(23)3;2*1-14-10-7-8-13-19(14)23-18(5)17(4)22(6)21(23)20-15(2)11-9-12-16(20)3/h9-14,17,22H,6-8,15-16H2,1-5H3;6-17H,1-5H3;6,9-13,16,21H,7-8,14-15H2,1-5H3;2*7-13H,1-6H3/q5*+1. The summed E-state index contributed by atoms with van der Waals surface area (Å²) in [6.45, 7) is 48.8. The van der Waals surface area contributed by atoms with Crippen molar-refractivity contribution in [1.29, 1.82) is 0 Å². The van der Waals surface area contributed by atoms with Gasteiger partial charge in [0.2, 0.25) is 0 Å². The number of aromatic nitrogens is 10. The highest BCUT2D eigenvalue weighted by atomic mass is 15.2. The van der Waals surface area contributed by atoms with E-state index in [9.17, 15) is 0 Å². The minimum Gasteiger partial charge on any atom is -0.229 e.